The van der Waals surface area contributed by atoms with Crippen LogP contribution in [0.3, 0.4) is 0 Å². The molecule has 0 heterocycles. The molecule has 1 aliphatic carbocycles. The van der Waals surface area contributed by atoms with E-state index in [1.54, 1.807) is 0 Å². The van der Waals surface area contributed by atoms with Crippen LogP contribution in [0.15, 0.2) is 0 Å². The molecule has 0 aromatic heterocycles. The van der Waals surface area contributed by atoms with Crippen LogP contribution in [0.1, 0.15) is 59.8 Å². The van der Waals surface area contributed by atoms with Crippen molar-refractivity contribution in [1.29, 1.82) is 0 Å². The lowest BCUT2D eigenvalue weighted by Crippen LogP contribution is -2.41. The highest BCUT2D eigenvalue weighted by molar-refractivity contribution is 4.74. The van der Waals surface area contributed by atoms with E-state index in [2.05, 4.69) is 33.0 Å². The zero-order valence-corrected chi connectivity index (χ0v) is 11.5. The van der Waals surface area contributed by atoms with E-state index in [-0.39, 0.29) is 5.54 Å². The lowest BCUT2D eigenvalue weighted by molar-refractivity contribution is 0.0251. The van der Waals surface area contributed by atoms with Crippen molar-refractivity contribution in [1.82, 2.24) is 5.32 Å². The van der Waals surface area contributed by atoms with E-state index in [1.165, 1.54) is 25.7 Å². The highest BCUT2D eigenvalue weighted by Crippen LogP contribution is 2.25. The second-order valence-electron chi connectivity index (χ2n) is 6.14. The zero-order chi connectivity index (χ0) is 12.0. The normalized spacial score (nSPS) is 20.2. The fourth-order valence-electron chi connectivity index (χ4n) is 2.19. The van der Waals surface area contributed by atoms with Crippen LogP contribution < -0.4 is 5.32 Å². The number of ether oxygens (including phenoxy) is 1. The Hall–Kier alpha value is -0.0800. The predicted octanol–water partition coefficient (Wildman–Crippen LogP) is 3.36. The van der Waals surface area contributed by atoms with Crippen molar-refractivity contribution in [2.45, 2.75) is 71.4 Å². The van der Waals surface area contributed by atoms with Crippen molar-refractivity contribution < 1.29 is 4.74 Å². The summed E-state index contributed by atoms with van der Waals surface area (Å²) in [5, 5.41) is 3.52. The van der Waals surface area contributed by atoms with Gasteiger partial charge in [0.2, 0.25) is 0 Å². The second kappa shape index (κ2) is 6.61. The molecule has 1 fully saturated rings. The van der Waals surface area contributed by atoms with Crippen molar-refractivity contribution in [3.05, 3.63) is 0 Å². The smallest absolute Gasteiger partial charge is 0.0697 e. The summed E-state index contributed by atoms with van der Waals surface area (Å²) < 4.78 is 6.01. The SMILES string of the molecule is CCC(CNC(C)(C)C)OCC1CCCC1. The highest BCUT2D eigenvalue weighted by atomic mass is 16.5. The number of nitrogens with one attached hydrogen (secondary N) is 1. The van der Waals surface area contributed by atoms with Crippen LogP contribution in [0, 0.1) is 5.92 Å². The van der Waals surface area contributed by atoms with Gasteiger partial charge in [-0.2, -0.15) is 0 Å². The van der Waals surface area contributed by atoms with Crippen LogP contribution in [0.5, 0.6) is 0 Å². The zero-order valence-electron chi connectivity index (χ0n) is 11.5. The third-order valence-corrected chi connectivity index (χ3v) is 3.36. The summed E-state index contributed by atoms with van der Waals surface area (Å²) in [5.74, 6) is 0.837. The molecule has 0 radical (unpaired) electrons. The molecule has 1 N–H and O–H groups in total. The van der Waals surface area contributed by atoms with Gasteiger partial charge in [-0.1, -0.05) is 19.8 Å². The average Bonchev–Trinajstić information content (AvgIpc) is 2.69. The first-order valence-corrected chi connectivity index (χ1v) is 6.88. The van der Waals surface area contributed by atoms with Crippen LogP contribution in [0.25, 0.3) is 0 Å². The van der Waals surface area contributed by atoms with Crippen LogP contribution in [0.4, 0.5) is 0 Å². The Morgan fingerprint density at radius 2 is 1.88 bits per heavy atom. The minimum Gasteiger partial charge on any atom is -0.377 e. The summed E-state index contributed by atoms with van der Waals surface area (Å²) in [6, 6.07) is 0. The molecule has 0 aliphatic heterocycles. The van der Waals surface area contributed by atoms with E-state index in [1.807, 2.05) is 0 Å². The molecular formula is C14H29NO. The van der Waals surface area contributed by atoms with E-state index < -0.39 is 0 Å². The minimum absolute atomic E-state index is 0.199. The van der Waals surface area contributed by atoms with Gasteiger partial charge < -0.3 is 10.1 Å². The molecule has 2 heteroatoms. The van der Waals surface area contributed by atoms with Gasteiger partial charge in [-0.05, 0) is 46.0 Å². The summed E-state index contributed by atoms with van der Waals surface area (Å²) in [6.07, 6.45) is 7.07. The minimum atomic E-state index is 0.199. The Balaban J connectivity index is 2.15. The number of rotatable bonds is 6. The molecule has 0 saturated heterocycles. The molecule has 0 amide bonds. The lowest BCUT2D eigenvalue weighted by Gasteiger charge is -2.25. The second-order valence-corrected chi connectivity index (χ2v) is 6.14. The molecule has 0 aromatic carbocycles. The Morgan fingerprint density at radius 1 is 1.25 bits per heavy atom. The molecule has 2 nitrogen and oxygen atoms in total. The lowest BCUT2D eigenvalue weighted by atomic mass is 10.1. The summed E-state index contributed by atoms with van der Waals surface area (Å²) in [7, 11) is 0. The Labute approximate surface area is 101 Å². The fraction of sp³-hybridized carbons (Fsp3) is 1.00. The first kappa shape index (κ1) is 14.0. The Bertz CT molecular complexity index is 180. The van der Waals surface area contributed by atoms with Gasteiger partial charge in [0.05, 0.1) is 6.10 Å². The third-order valence-electron chi connectivity index (χ3n) is 3.36. The van der Waals surface area contributed by atoms with E-state index in [9.17, 15) is 0 Å². The Morgan fingerprint density at radius 3 is 2.38 bits per heavy atom. The van der Waals surface area contributed by atoms with E-state index >= 15 is 0 Å². The first-order valence-electron chi connectivity index (χ1n) is 6.88. The summed E-state index contributed by atoms with van der Waals surface area (Å²) >= 11 is 0. The van der Waals surface area contributed by atoms with Crippen molar-refractivity contribution in [2.24, 2.45) is 5.92 Å². The number of hydrogen-bond acceptors (Lipinski definition) is 2. The topological polar surface area (TPSA) is 21.3 Å². The molecule has 1 saturated carbocycles. The molecule has 0 bridgehead atoms. The average molecular weight is 227 g/mol. The van der Waals surface area contributed by atoms with Crippen molar-refractivity contribution >= 4 is 0 Å². The van der Waals surface area contributed by atoms with Gasteiger partial charge in [-0.15, -0.1) is 0 Å². The monoisotopic (exact) mass is 227 g/mol. The van der Waals surface area contributed by atoms with Crippen LogP contribution >= 0.6 is 0 Å². The van der Waals surface area contributed by atoms with E-state index in [0.717, 1.165) is 25.5 Å². The van der Waals surface area contributed by atoms with Gasteiger partial charge in [0.25, 0.3) is 0 Å². The van der Waals surface area contributed by atoms with Gasteiger partial charge in [0, 0.05) is 18.7 Å². The standard InChI is InChI=1S/C14H29NO/c1-5-13(10-15-14(2,3)4)16-11-12-8-6-7-9-12/h12-13,15H,5-11H2,1-4H3. The molecule has 16 heavy (non-hydrogen) atoms. The van der Waals surface area contributed by atoms with Crippen molar-refractivity contribution in [2.75, 3.05) is 13.2 Å². The molecule has 0 spiro atoms. The first-order chi connectivity index (χ1) is 7.51. The molecule has 1 unspecified atom stereocenters. The van der Waals surface area contributed by atoms with Crippen molar-refractivity contribution in [3.8, 4) is 0 Å². The summed E-state index contributed by atoms with van der Waals surface area (Å²) in [5.41, 5.74) is 0.199. The molecule has 96 valence electrons. The van der Waals surface area contributed by atoms with Gasteiger partial charge in [0.1, 0.15) is 0 Å². The third kappa shape index (κ3) is 5.86. The summed E-state index contributed by atoms with van der Waals surface area (Å²) in [4.78, 5) is 0. The van der Waals surface area contributed by atoms with Gasteiger partial charge in [-0.3, -0.25) is 0 Å². The summed E-state index contributed by atoms with van der Waals surface area (Å²) in [6.45, 7) is 10.8. The molecular weight excluding hydrogens is 198 g/mol. The van der Waals surface area contributed by atoms with Gasteiger partial charge in [-0.25, -0.2) is 0 Å². The van der Waals surface area contributed by atoms with Gasteiger partial charge in [0.15, 0.2) is 0 Å². The maximum absolute atomic E-state index is 6.01. The maximum Gasteiger partial charge on any atom is 0.0697 e. The van der Waals surface area contributed by atoms with Crippen LogP contribution in [0.2, 0.25) is 0 Å². The quantitative estimate of drug-likeness (QED) is 0.751. The Kier molecular flexibility index (Phi) is 5.77. The molecule has 1 aliphatic rings. The number of hydrogen-bond donors (Lipinski definition) is 1. The predicted molar refractivity (Wildman–Crippen MR) is 69.7 cm³/mol. The largest absolute Gasteiger partial charge is 0.377 e. The van der Waals surface area contributed by atoms with Crippen LogP contribution in [-0.2, 0) is 4.74 Å². The van der Waals surface area contributed by atoms with E-state index in [4.69, 9.17) is 4.74 Å². The van der Waals surface area contributed by atoms with Crippen LogP contribution in [-0.4, -0.2) is 24.8 Å². The van der Waals surface area contributed by atoms with Gasteiger partial charge >= 0.3 is 0 Å². The maximum atomic E-state index is 6.01. The molecule has 1 atom stereocenters. The molecule has 0 aromatic rings. The molecule has 1 rings (SSSR count). The fourth-order valence-corrected chi connectivity index (χ4v) is 2.19. The van der Waals surface area contributed by atoms with E-state index in [0.29, 0.717) is 6.10 Å². The highest BCUT2D eigenvalue weighted by Gasteiger charge is 2.18. The van der Waals surface area contributed by atoms with Crippen molar-refractivity contribution in [3.63, 3.8) is 0 Å².